The van der Waals surface area contributed by atoms with Crippen LogP contribution in [0.2, 0.25) is 0 Å². The molecule has 1 aromatic heterocycles. The first kappa shape index (κ1) is 17.7. The summed E-state index contributed by atoms with van der Waals surface area (Å²) in [6, 6.07) is 25.5. The molecule has 1 N–H and O–H groups in total. The number of hydrogen-bond acceptors (Lipinski definition) is 3. The van der Waals surface area contributed by atoms with Gasteiger partial charge in [0.05, 0.1) is 10.9 Å². The highest BCUT2D eigenvalue weighted by atomic mass is 16.1. The number of aryl methyl sites for hydroxylation is 1. The van der Waals surface area contributed by atoms with E-state index in [2.05, 4.69) is 5.43 Å². The van der Waals surface area contributed by atoms with Gasteiger partial charge < -0.3 is 5.43 Å². The van der Waals surface area contributed by atoms with E-state index in [1.165, 1.54) is 0 Å². The van der Waals surface area contributed by atoms with Crippen molar-refractivity contribution in [2.75, 3.05) is 12.0 Å². The fourth-order valence-electron chi connectivity index (χ4n) is 3.16. The number of nitrogens with one attached hydrogen (secondary N) is 1. The van der Waals surface area contributed by atoms with Crippen molar-refractivity contribution < 1.29 is 0 Å². The van der Waals surface area contributed by atoms with Crippen molar-refractivity contribution in [2.24, 2.45) is 0 Å². The van der Waals surface area contributed by atoms with Crippen LogP contribution in [0.5, 0.6) is 0 Å². The number of rotatable bonds is 5. The van der Waals surface area contributed by atoms with Crippen LogP contribution in [0.3, 0.4) is 0 Å². The number of nitrogens with zero attached hydrogens (tertiary/aromatic N) is 2. The lowest BCUT2D eigenvalue weighted by atomic mass is 10.1. The first-order chi connectivity index (χ1) is 13.7. The molecule has 4 heteroatoms. The van der Waals surface area contributed by atoms with Crippen LogP contribution in [-0.4, -0.2) is 16.2 Å². The van der Waals surface area contributed by atoms with E-state index in [1.54, 1.807) is 4.68 Å². The van der Waals surface area contributed by atoms with Crippen molar-refractivity contribution >= 4 is 17.0 Å². The highest BCUT2D eigenvalue weighted by Gasteiger charge is 2.12. The molecule has 0 saturated heterocycles. The Balaban J connectivity index is 1.73. The van der Waals surface area contributed by atoms with Gasteiger partial charge in [-0.25, -0.2) is 9.66 Å². The number of para-hydroxylation sites is 1. The van der Waals surface area contributed by atoms with Crippen LogP contribution in [0, 0.1) is 6.92 Å². The third-order valence-electron chi connectivity index (χ3n) is 4.53. The Hall–Kier alpha value is -3.66. The molecule has 0 aliphatic carbocycles. The number of hydrogen-bond donors (Lipinski definition) is 1. The minimum absolute atomic E-state index is 0.102. The predicted octanol–water partition coefficient (Wildman–Crippen LogP) is 4.63. The Kier molecular flexibility index (Phi) is 5.02. The molecule has 0 unspecified atom stereocenters. The van der Waals surface area contributed by atoms with Gasteiger partial charge >= 0.3 is 0 Å². The fourth-order valence-corrected chi connectivity index (χ4v) is 3.16. The molecule has 1 heterocycles. The fraction of sp³-hybridized carbons (Fsp3) is 0.0833. The van der Waals surface area contributed by atoms with Gasteiger partial charge in [0.1, 0.15) is 0 Å². The van der Waals surface area contributed by atoms with Gasteiger partial charge in [0.2, 0.25) is 0 Å². The van der Waals surface area contributed by atoms with Crippen molar-refractivity contribution in [1.29, 1.82) is 0 Å². The average molecular weight is 367 g/mol. The molecule has 0 amide bonds. The van der Waals surface area contributed by atoms with Gasteiger partial charge in [0.15, 0.2) is 5.82 Å². The van der Waals surface area contributed by atoms with E-state index >= 15 is 0 Å². The second kappa shape index (κ2) is 7.92. The van der Waals surface area contributed by atoms with Crippen LogP contribution in [0.1, 0.15) is 11.1 Å². The van der Waals surface area contributed by atoms with E-state index in [0.29, 0.717) is 23.3 Å². The van der Waals surface area contributed by atoms with E-state index in [9.17, 15) is 4.79 Å². The molecule has 0 fully saturated rings. The van der Waals surface area contributed by atoms with E-state index in [0.717, 1.165) is 16.7 Å². The standard InChI is InChI=1S/C24H21N3O/c1-18-9-7-13-20(17-18)23-26-22-15-6-5-14-21(22)24(28)27(23)25-16-8-12-19-10-3-2-4-11-19/h2-15,17,25H,16H2,1H3/b12-8+. The average Bonchev–Trinajstić information content (AvgIpc) is 2.73. The minimum Gasteiger partial charge on any atom is -0.317 e. The Bertz CT molecular complexity index is 1190. The van der Waals surface area contributed by atoms with E-state index in [4.69, 9.17) is 4.98 Å². The SMILES string of the molecule is Cc1cccc(-c2nc3ccccc3c(=O)n2NC/C=C/c2ccccc2)c1. The lowest BCUT2D eigenvalue weighted by molar-refractivity contribution is 0.840. The van der Waals surface area contributed by atoms with Gasteiger partial charge in [0, 0.05) is 12.1 Å². The molecular weight excluding hydrogens is 346 g/mol. The zero-order valence-corrected chi connectivity index (χ0v) is 15.7. The second-order valence-electron chi connectivity index (χ2n) is 6.64. The van der Waals surface area contributed by atoms with Crippen molar-refractivity contribution in [3.8, 4) is 11.4 Å². The summed E-state index contributed by atoms with van der Waals surface area (Å²) in [6.45, 7) is 2.54. The number of fused-ring (bicyclic) bond motifs is 1. The van der Waals surface area contributed by atoms with Gasteiger partial charge in [0.25, 0.3) is 5.56 Å². The third kappa shape index (κ3) is 3.71. The highest BCUT2D eigenvalue weighted by Crippen LogP contribution is 2.19. The zero-order valence-electron chi connectivity index (χ0n) is 15.7. The summed E-state index contributed by atoms with van der Waals surface area (Å²) in [5.41, 5.74) is 6.95. The Morgan fingerprint density at radius 3 is 2.57 bits per heavy atom. The maximum Gasteiger partial charge on any atom is 0.280 e. The van der Waals surface area contributed by atoms with Crippen LogP contribution < -0.4 is 11.0 Å². The quantitative estimate of drug-likeness (QED) is 0.559. The lowest BCUT2D eigenvalue weighted by Gasteiger charge is -2.15. The first-order valence-corrected chi connectivity index (χ1v) is 9.27. The molecule has 0 aliphatic rings. The number of benzene rings is 3. The Morgan fingerprint density at radius 2 is 1.75 bits per heavy atom. The zero-order chi connectivity index (χ0) is 19.3. The largest absolute Gasteiger partial charge is 0.317 e. The van der Waals surface area contributed by atoms with Crippen molar-refractivity contribution in [3.63, 3.8) is 0 Å². The van der Waals surface area contributed by atoms with E-state index in [-0.39, 0.29) is 5.56 Å². The highest BCUT2D eigenvalue weighted by molar-refractivity contribution is 5.79. The van der Waals surface area contributed by atoms with Crippen molar-refractivity contribution in [2.45, 2.75) is 6.92 Å². The molecule has 0 spiro atoms. The summed E-state index contributed by atoms with van der Waals surface area (Å²) in [5, 5.41) is 0.596. The molecule has 0 radical (unpaired) electrons. The second-order valence-corrected chi connectivity index (χ2v) is 6.64. The van der Waals surface area contributed by atoms with Crippen LogP contribution in [-0.2, 0) is 0 Å². The van der Waals surface area contributed by atoms with Gasteiger partial charge in [-0.05, 0) is 30.7 Å². The molecule has 3 aromatic carbocycles. The summed E-state index contributed by atoms with van der Waals surface area (Å²) < 4.78 is 1.55. The molecular formula is C24H21N3O. The smallest absolute Gasteiger partial charge is 0.280 e. The summed E-state index contributed by atoms with van der Waals surface area (Å²) >= 11 is 0. The maximum absolute atomic E-state index is 13.1. The van der Waals surface area contributed by atoms with Gasteiger partial charge in [-0.15, -0.1) is 0 Å². The normalized spacial score (nSPS) is 11.2. The summed E-state index contributed by atoms with van der Waals surface area (Å²) in [4.78, 5) is 17.9. The molecule has 4 nitrogen and oxygen atoms in total. The van der Waals surface area contributed by atoms with Gasteiger partial charge in [-0.3, -0.25) is 4.79 Å². The minimum atomic E-state index is -0.102. The Labute approximate surface area is 163 Å². The molecule has 0 bridgehead atoms. The molecule has 0 atom stereocenters. The van der Waals surface area contributed by atoms with Crippen molar-refractivity contribution in [3.05, 3.63) is 106 Å². The van der Waals surface area contributed by atoms with E-state index < -0.39 is 0 Å². The van der Waals surface area contributed by atoms with Crippen LogP contribution in [0.4, 0.5) is 0 Å². The maximum atomic E-state index is 13.1. The summed E-state index contributed by atoms with van der Waals surface area (Å²) in [6.07, 6.45) is 4.02. The molecule has 138 valence electrons. The molecule has 28 heavy (non-hydrogen) atoms. The van der Waals surface area contributed by atoms with E-state index in [1.807, 2.05) is 97.9 Å². The Morgan fingerprint density at radius 1 is 0.964 bits per heavy atom. The summed E-state index contributed by atoms with van der Waals surface area (Å²) in [5.74, 6) is 0.612. The summed E-state index contributed by atoms with van der Waals surface area (Å²) in [7, 11) is 0. The molecule has 0 aliphatic heterocycles. The monoisotopic (exact) mass is 367 g/mol. The molecule has 4 aromatic rings. The van der Waals surface area contributed by atoms with Crippen molar-refractivity contribution in [1.82, 2.24) is 9.66 Å². The van der Waals surface area contributed by atoms with Gasteiger partial charge in [-0.1, -0.05) is 78.4 Å². The predicted molar refractivity (Wildman–Crippen MR) is 116 cm³/mol. The third-order valence-corrected chi connectivity index (χ3v) is 4.53. The molecule has 0 saturated carbocycles. The van der Waals surface area contributed by atoms with Crippen LogP contribution in [0.15, 0.2) is 89.7 Å². The molecule has 4 rings (SSSR count). The van der Waals surface area contributed by atoms with Crippen LogP contribution in [0.25, 0.3) is 28.4 Å². The van der Waals surface area contributed by atoms with Crippen LogP contribution >= 0.6 is 0 Å². The lowest BCUT2D eigenvalue weighted by Crippen LogP contribution is -2.31. The first-order valence-electron chi connectivity index (χ1n) is 9.27. The number of aromatic nitrogens is 2. The topological polar surface area (TPSA) is 46.9 Å². The van der Waals surface area contributed by atoms with Gasteiger partial charge in [-0.2, -0.15) is 0 Å².